The van der Waals surface area contributed by atoms with Crippen LogP contribution in [0.3, 0.4) is 0 Å². The number of carbonyl (C=O) groups excluding carboxylic acids is 1. The topological polar surface area (TPSA) is 115 Å². The van der Waals surface area contributed by atoms with Crippen molar-refractivity contribution in [2.75, 3.05) is 7.05 Å². The number of amides is 1. The molecule has 0 spiro atoms. The van der Waals surface area contributed by atoms with Gasteiger partial charge >= 0.3 is 0 Å². The normalized spacial score (nSPS) is 9.71. The first kappa shape index (κ1) is 12.6. The number of benzene rings is 1. The van der Waals surface area contributed by atoms with E-state index in [1.807, 2.05) is 0 Å². The molecule has 17 heavy (non-hydrogen) atoms. The van der Waals surface area contributed by atoms with Gasteiger partial charge in [0.05, 0.1) is 22.3 Å². The summed E-state index contributed by atoms with van der Waals surface area (Å²) in [6.07, 6.45) is -0.190. The van der Waals surface area contributed by atoms with Crippen molar-refractivity contribution < 1.29 is 14.6 Å². The van der Waals surface area contributed by atoms with Crippen LogP contribution in [-0.4, -0.2) is 22.8 Å². The molecule has 0 saturated heterocycles. The van der Waals surface area contributed by atoms with Crippen molar-refractivity contribution in [3.63, 3.8) is 0 Å². The van der Waals surface area contributed by atoms with Crippen LogP contribution in [0.4, 0.5) is 11.4 Å². The van der Waals surface area contributed by atoms with E-state index in [4.69, 9.17) is 0 Å². The molecule has 1 amide bonds. The number of nitro groups is 2. The third kappa shape index (κ3) is 2.97. The van der Waals surface area contributed by atoms with E-state index in [9.17, 15) is 25.0 Å². The quantitative estimate of drug-likeness (QED) is 0.616. The Morgan fingerprint density at radius 2 is 1.94 bits per heavy atom. The van der Waals surface area contributed by atoms with Crippen LogP contribution >= 0.6 is 0 Å². The highest BCUT2D eigenvalue weighted by Crippen LogP contribution is 2.24. The number of rotatable bonds is 4. The smallest absolute Gasteiger partial charge is 0.279 e. The Balaban J connectivity index is 3.17. The Kier molecular flexibility index (Phi) is 3.70. The molecule has 0 aliphatic carbocycles. The first-order chi connectivity index (χ1) is 7.95. The second kappa shape index (κ2) is 5.01. The van der Waals surface area contributed by atoms with Crippen LogP contribution in [-0.2, 0) is 11.2 Å². The molecule has 0 unspecified atom stereocenters. The monoisotopic (exact) mass is 239 g/mol. The fourth-order valence-electron chi connectivity index (χ4n) is 1.25. The third-order valence-corrected chi connectivity index (χ3v) is 2.11. The maximum Gasteiger partial charge on any atom is 0.279 e. The van der Waals surface area contributed by atoms with E-state index in [1.54, 1.807) is 0 Å². The molecule has 0 heterocycles. The van der Waals surface area contributed by atoms with E-state index in [2.05, 4.69) is 5.32 Å². The van der Waals surface area contributed by atoms with Gasteiger partial charge in [-0.2, -0.15) is 0 Å². The highest BCUT2D eigenvalue weighted by Gasteiger charge is 2.20. The van der Waals surface area contributed by atoms with Gasteiger partial charge in [-0.25, -0.2) is 0 Å². The molecule has 0 aliphatic heterocycles. The molecule has 0 aliphatic rings. The summed E-state index contributed by atoms with van der Waals surface area (Å²) in [6, 6.07) is 3.19. The van der Waals surface area contributed by atoms with Crippen molar-refractivity contribution in [3.8, 4) is 0 Å². The molecule has 0 radical (unpaired) electrons. The molecule has 0 aromatic heterocycles. The summed E-state index contributed by atoms with van der Waals surface area (Å²) < 4.78 is 0. The minimum absolute atomic E-state index is 0.139. The Hall–Kier alpha value is -2.51. The number of hydrogen-bond donors (Lipinski definition) is 1. The van der Waals surface area contributed by atoms with Gasteiger partial charge in [-0.3, -0.25) is 25.0 Å². The maximum atomic E-state index is 11.1. The fourth-order valence-corrected chi connectivity index (χ4v) is 1.25. The summed E-state index contributed by atoms with van der Waals surface area (Å²) in [4.78, 5) is 30.8. The van der Waals surface area contributed by atoms with E-state index < -0.39 is 21.4 Å². The predicted octanol–water partition coefficient (Wildman–Crippen LogP) is 0.791. The molecule has 0 atom stereocenters. The lowest BCUT2D eigenvalue weighted by Gasteiger charge is -2.02. The van der Waals surface area contributed by atoms with Crippen molar-refractivity contribution in [2.24, 2.45) is 0 Å². The lowest BCUT2D eigenvalue weighted by molar-refractivity contribution is -0.394. The molecule has 0 fully saturated rings. The fraction of sp³-hybridized carbons (Fsp3) is 0.222. The molecule has 8 heteroatoms. The highest BCUT2D eigenvalue weighted by atomic mass is 16.6. The Labute approximate surface area is 95.5 Å². The Bertz CT molecular complexity index is 486. The number of nitrogens with one attached hydrogen (secondary N) is 1. The van der Waals surface area contributed by atoms with Crippen molar-refractivity contribution in [1.82, 2.24) is 5.32 Å². The number of hydrogen-bond acceptors (Lipinski definition) is 5. The maximum absolute atomic E-state index is 11.1. The SMILES string of the molecule is CNC(=O)Cc1ccc([N+](=O)[O-])cc1[N+](=O)[O-]. The van der Waals surface area contributed by atoms with Crippen LogP contribution in [0.25, 0.3) is 0 Å². The largest absolute Gasteiger partial charge is 0.359 e. The van der Waals surface area contributed by atoms with Gasteiger partial charge in [0.25, 0.3) is 11.4 Å². The van der Waals surface area contributed by atoms with Gasteiger partial charge in [0.15, 0.2) is 0 Å². The molecule has 0 bridgehead atoms. The zero-order valence-electron chi connectivity index (χ0n) is 8.87. The van der Waals surface area contributed by atoms with Gasteiger partial charge in [0, 0.05) is 18.7 Å². The first-order valence-electron chi connectivity index (χ1n) is 4.58. The number of non-ortho nitro benzene ring substituents is 1. The highest BCUT2D eigenvalue weighted by molar-refractivity contribution is 5.79. The Morgan fingerprint density at radius 1 is 1.29 bits per heavy atom. The standard InChI is InChI=1S/C9H9N3O5/c1-10-9(13)4-6-2-3-7(11(14)15)5-8(6)12(16)17/h2-3,5H,4H2,1H3,(H,10,13). The molecular weight excluding hydrogens is 230 g/mol. The zero-order valence-corrected chi connectivity index (χ0v) is 8.87. The third-order valence-electron chi connectivity index (χ3n) is 2.11. The van der Waals surface area contributed by atoms with Crippen LogP contribution in [0.15, 0.2) is 18.2 Å². The van der Waals surface area contributed by atoms with Gasteiger partial charge in [0.1, 0.15) is 0 Å². The number of carbonyl (C=O) groups is 1. The minimum Gasteiger partial charge on any atom is -0.359 e. The van der Waals surface area contributed by atoms with Gasteiger partial charge in [-0.1, -0.05) is 0 Å². The van der Waals surface area contributed by atoms with Crippen molar-refractivity contribution in [3.05, 3.63) is 44.0 Å². The first-order valence-corrected chi connectivity index (χ1v) is 4.58. The van der Waals surface area contributed by atoms with Gasteiger partial charge in [0.2, 0.25) is 5.91 Å². The summed E-state index contributed by atoms with van der Waals surface area (Å²) in [5.74, 6) is -0.401. The number of likely N-dealkylation sites (N-methyl/N-ethyl adjacent to an activating group) is 1. The van der Waals surface area contributed by atoms with E-state index >= 15 is 0 Å². The Morgan fingerprint density at radius 3 is 2.41 bits per heavy atom. The van der Waals surface area contributed by atoms with Gasteiger partial charge in [-0.15, -0.1) is 0 Å². The molecular formula is C9H9N3O5. The predicted molar refractivity (Wildman–Crippen MR) is 57.5 cm³/mol. The summed E-state index contributed by atoms with van der Waals surface area (Å²) in [6.45, 7) is 0. The van der Waals surface area contributed by atoms with Crippen LogP contribution < -0.4 is 5.32 Å². The van der Waals surface area contributed by atoms with E-state index in [0.717, 1.165) is 12.1 Å². The van der Waals surface area contributed by atoms with Gasteiger partial charge in [-0.05, 0) is 6.07 Å². The van der Waals surface area contributed by atoms with Crippen LogP contribution in [0.1, 0.15) is 5.56 Å². The molecule has 1 N–H and O–H groups in total. The van der Waals surface area contributed by atoms with E-state index in [-0.39, 0.29) is 17.7 Å². The van der Waals surface area contributed by atoms with Gasteiger partial charge < -0.3 is 5.32 Å². The minimum atomic E-state index is -0.745. The molecule has 90 valence electrons. The number of nitrogens with zero attached hydrogens (tertiary/aromatic N) is 2. The molecule has 1 aromatic carbocycles. The summed E-state index contributed by atoms with van der Waals surface area (Å²) in [5, 5.41) is 23.5. The van der Waals surface area contributed by atoms with E-state index in [1.165, 1.54) is 13.1 Å². The molecule has 0 saturated carbocycles. The summed E-state index contributed by atoms with van der Waals surface area (Å²) in [7, 11) is 1.40. The zero-order chi connectivity index (χ0) is 13.0. The van der Waals surface area contributed by atoms with Crippen LogP contribution in [0.5, 0.6) is 0 Å². The number of nitro benzene ring substituents is 2. The summed E-state index contributed by atoms with van der Waals surface area (Å²) >= 11 is 0. The van der Waals surface area contributed by atoms with Crippen LogP contribution in [0, 0.1) is 20.2 Å². The molecule has 1 rings (SSSR count). The summed E-state index contributed by atoms with van der Waals surface area (Å²) in [5.41, 5.74) is -0.667. The molecule has 1 aromatic rings. The second-order valence-corrected chi connectivity index (χ2v) is 3.18. The lowest BCUT2D eigenvalue weighted by atomic mass is 10.1. The van der Waals surface area contributed by atoms with Crippen molar-refractivity contribution in [2.45, 2.75) is 6.42 Å². The average molecular weight is 239 g/mol. The second-order valence-electron chi connectivity index (χ2n) is 3.18. The van der Waals surface area contributed by atoms with Crippen molar-refractivity contribution in [1.29, 1.82) is 0 Å². The van der Waals surface area contributed by atoms with E-state index in [0.29, 0.717) is 0 Å². The van der Waals surface area contributed by atoms with Crippen molar-refractivity contribution >= 4 is 17.3 Å². The lowest BCUT2D eigenvalue weighted by Crippen LogP contribution is -2.20. The molecule has 8 nitrogen and oxygen atoms in total. The average Bonchev–Trinajstić information content (AvgIpc) is 2.28. The van der Waals surface area contributed by atoms with Crippen LogP contribution in [0.2, 0.25) is 0 Å².